The lowest BCUT2D eigenvalue weighted by Crippen LogP contribution is -2.34. The van der Waals surface area contributed by atoms with Gasteiger partial charge in [0.1, 0.15) is 5.82 Å². The summed E-state index contributed by atoms with van der Waals surface area (Å²) >= 11 is 0. The molecule has 0 amide bonds. The Morgan fingerprint density at radius 1 is 1.16 bits per heavy atom. The van der Waals surface area contributed by atoms with Gasteiger partial charge in [-0.05, 0) is 44.4 Å². The van der Waals surface area contributed by atoms with Crippen molar-refractivity contribution >= 4 is 11.0 Å². The molecule has 0 bridgehead atoms. The van der Waals surface area contributed by atoms with Crippen LogP contribution in [0, 0.1) is 0 Å². The second kappa shape index (κ2) is 5.99. The first kappa shape index (κ1) is 15.1. The van der Waals surface area contributed by atoms with Crippen LogP contribution < -0.4 is 0 Å². The number of likely N-dealkylation sites (tertiary alicyclic amines) is 1. The van der Waals surface area contributed by atoms with Crippen LogP contribution >= 0.6 is 0 Å². The van der Waals surface area contributed by atoms with Crippen molar-refractivity contribution < 1.29 is 0 Å². The number of rotatable bonds is 4. The molecular weight excluding hydrogens is 310 g/mol. The molecule has 0 unspecified atom stereocenters. The first-order valence-electron chi connectivity index (χ1n) is 9.45. The highest BCUT2D eigenvalue weighted by Crippen LogP contribution is 2.41. The number of aromatic amines is 1. The third-order valence-electron chi connectivity index (χ3n) is 5.72. The van der Waals surface area contributed by atoms with Gasteiger partial charge in [0.15, 0.2) is 0 Å². The molecule has 5 nitrogen and oxygen atoms in total. The molecule has 3 aromatic rings. The summed E-state index contributed by atoms with van der Waals surface area (Å²) < 4.78 is 2.09. The van der Waals surface area contributed by atoms with Gasteiger partial charge in [-0.2, -0.15) is 5.10 Å². The number of imidazole rings is 1. The smallest absolute Gasteiger partial charge is 0.111 e. The van der Waals surface area contributed by atoms with Crippen LogP contribution in [0.1, 0.15) is 54.6 Å². The number of benzene rings is 1. The van der Waals surface area contributed by atoms with Gasteiger partial charge in [-0.1, -0.05) is 12.1 Å². The van der Waals surface area contributed by atoms with Crippen molar-refractivity contribution in [2.24, 2.45) is 7.05 Å². The minimum absolute atomic E-state index is 0.502. The first-order chi connectivity index (χ1) is 12.3. The molecule has 2 aromatic heterocycles. The summed E-state index contributed by atoms with van der Waals surface area (Å²) in [5.74, 6) is 2.40. The zero-order chi connectivity index (χ0) is 16.8. The van der Waals surface area contributed by atoms with Crippen molar-refractivity contribution in [2.45, 2.75) is 44.1 Å². The van der Waals surface area contributed by atoms with E-state index in [1.54, 1.807) is 0 Å². The fourth-order valence-electron chi connectivity index (χ4n) is 4.33. The third-order valence-corrected chi connectivity index (χ3v) is 5.72. The Hall–Kier alpha value is -2.14. The highest BCUT2D eigenvalue weighted by atomic mass is 15.3. The Morgan fingerprint density at radius 2 is 2.04 bits per heavy atom. The van der Waals surface area contributed by atoms with Gasteiger partial charge in [0.25, 0.3) is 0 Å². The van der Waals surface area contributed by atoms with Gasteiger partial charge < -0.3 is 4.98 Å². The molecule has 1 aromatic carbocycles. The summed E-state index contributed by atoms with van der Waals surface area (Å²) in [7, 11) is 2.09. The van der Waals surface area contributed by atoms with Crippen LogP contribution in [0.3, 0.4) is 0 Å². The molecule has 130 valence electrons. The number of H-pyrrole nitrogens is 1. The van der Waals surface area contributed by atoms with Crippen LogP contribution in [0.4, 0.5) is 0 Å². The van der Waals surface area contributed by atoms with Crippen molar-refractivity contribution in [3.63, 3.8) is 0 Å². The lowest BCUT2D eigenvalue weighted by Gasteiger charge is -2.31. The Morgan fingerprint density at radius 3 is 2.88 bits per heavy atom. The number of nitrogens with one attached hydrogen (secondary N) is 1. The van der Waals surface area contributed by atoms with Gasteiger partial charge in [0, 0.05) is 43.2 Å². The van der Waals surface area contributed by atoms with Gasteiger partial charge in [-0.15, -0.1) is 0 Å². The molecular formula is C20H25N5. The van der Waals surface area contributed by atoms with E-state index < -0.39 is 0 Å². The van der Waals surface area contributed by atoms with Crippen molar-refractivity contribution in [2.75, 3.05) is 13.1 Å². The predicted molar refractivity (Wildman–Crippen MR) is 98.5 cm³/mol. The van der Waals surface area contributed by atoms with E-state index in [4.69, 9.17) is 4.98 Å². The Labute approximate surface area is 148 Å². The third kappa shape index (κ3) is 2.86. The van der Waals surface area contributed by atoms with Crippen molar-refractivity contribution in [3.8, 4) is 0 Å². The van der Waals surface area contributed by atoms with Crippen LogP contribution in [0.15, 0.2) is 30.5 Å². The Kier molecular flexibility index (Phi) is 3.63. The standard InChI is InChI=1S/C20H25N5/c1-24-19(14-8-9-14)16(11-21-24)13-25-10-4-5-15(12-25)20-22-17-6-2-3-7-18(17)23-20/h2-3,6-7,11,14-15H,4-5,8-10,12-13H2,1H3,(H,22,23)/t15-/m1/s1. The molecule has 1 saturated carbocycles. The van der Waals surface area contributed by atoms with Crippen LogP contribution in [-0.2, 0) is 13.6 Å². The van der Waals surface area contributed by atoms with Gasteiger partial charge in [-0.3, -0.25) is 9.58 Å². The zero-order valence-corrected chi connectivity index (χ0v) is 14.8. The summed E-state index contributed by atoms with van der Waals surface area (Å²) in [5.41, 5.74) is 5.12. The number of nitrogens with zero attached hydrogens (tertiary/aromatic N) is 4. The first-order valence-corrected chi connectivity index (χ1v) is 9.45. The maximum atomic E-state index is 4.84. The molecule has 5 heteroatoms. The summed E-state index contributed by atoms with van der Waals surface area (Å²) in [5, 5.41) is 4.52. The minimum atomic E-state index is 0.502. The maximum Gasteiger partial charge on any atom is 0.111 e. The molecule has 1 saturated heterocycles. The van der Waals surface area contributed by atoms with E-state index in [1.165, 1.54) is 43.5 Å². The van der Waals surface area contributed by atoms with Crippen LogP contribution in [0.5, 0.6) is 0 Å². The van der Waals surface area contributed by atoms with E-state index in [0.29, 0.717) is 5.92 Å². The topological polar surface area (TPSA) is 49.7 Å². The molecule has 1 atom stereocenters. The van der Waals surface area contributed by atoms with Crippen molar-refractivity contribution in [1.29, 1.82) is 0 Å². The molecule has 1 aliphatic heterocycles. The predicted octanol–water partition coefficient (Wildman–Crippen LogP) is 3.55. The van der Waals surface area contributed by atoms with Gasteiger partial charge in [0.05, 0.1) is 17.2 Å². The largest absolute Gasteiger partial charge is 0.342 e. The van der Waals surface area contributed by atoms with Crippen molar-refractivity contribution in [1.82, 2.24) is 24.6 Å². The zero-order valence-electron chi connectivity index (χ0n) is 14.8. The number of fused-ring (bicyclic) bond motifs is 1. The van der Waals surface area contributed by atoms with E-state index in [2.05, 4.69) is 57.2 Å². The van der Waals surface area contributed by atoms with E-state index >= 15 is 0 Å². The number of para-hydroxylation sites is 2. The van der Waals surface area contributed by atoms with E-state index in [9.17, 15) is 0 Å². The lowest BCUT2D eigenvalue weighted by atomic mass is 9.97. The second-order valence-corrected chi connectivity index (χ2v) is 7.67. The van der Waals surface area contributed by atoms with Gasteiger partial charge in [0.2, 0.25) is 0 Å². The van der Waals surface area contributed by atoms with Crippen LogP contribution in [-0.4, -0.2) is 37.7 Å². The number of piperidine rings is 1. The Bertz CT molecular complexity index is 856. The molecule has 25 heavy (non-hydrogen) atoms. The summed E-state index contributed by atoms with van der Waals surface area (Å²) in [6.45, 7) is 3.28. The summed E-state index contributed by atoms with van der Waals surface area (Å²) in [6.07, 6.45) is 7.19. The average molecular weight is 335 g/mol. The molecule has 2 fully saturated rings. The van der Waals surface area contributed by atoms with Gasteiger partial charge in [-0.25, -0.2) is 4.98 Å². The normalized spacial score (nSPS) is 21.9. The Balaban J connectivity index is 1.34. The summed E-state index contributed by atoms with van der Waals surface area (Å²) in [4.78, 5) is 11.0. The molecule has 1 aliphatic carbocycles. The fraction of sp³-hybridized carbons (Fsp3) is 0.500. The quantitative estimate of drug-likeness (QED) is 0.793. The SMILES string of the molecule is Cn1ncc(CN2CCC[C@@H](c3nc4ccccc4[nH]3)C2)c1C1CC1. The average Bonchev–Trinajstić information content (AvgIpc) is 3.26. The molecule has 3 heterocycles. The molecule has 0 radical (unpaired) electrons. The molecule has 2 aliphatic rings. The molecule has 5 rings (SSSR count). The highest BCUT2D eigenvalue weighted by Gasteiger charge is 2.31. The van der Waals surface area contributed by atoms with Crippen molar-refractivity contribution in [3.05, 3.63) is 47.5 Å². The molecule has 1 N–H and O–H groups in total. The van der Waals surface area contributed by atoms with E-state index in [-0.39, 0.29) is 0 Å². The highest BCUT2D eigenvalue weighted by molar-refractivity contribution is 5.74. The van der Waals surface area contributed by atoms with Gasteiger partial charge >= 0.3 is 0 Å². The minimum Gasteiger partial charge on any atom is -0.342 e. The fourth-order valence-corrected chi connectivity index (χ4v) is 4.33. The van der Waals surface area contributed by atoms with E-state index in [0.717, 1.165) is 35.9 Å². The molecule has 0 spiro atoms. The maximum absolute atomic E-state index is 4.84. The number of aromatic nitrogens is 4. The monoisotopic (exact) mass is 335 g/mol. The van der Waals surface area contributed by atoms with Crippen LogP contribution in [0.2, 0.25) is 0 Å². The summed E-state index contributed by atoms with van der Waals surface area (Å²) in [6, 6.07) is 8.33. The van der Waals surface area contributed by atoms with E-state index in [1.807, 2.05) is 0 Å². The number of hydrogen-bond donors (Lipinski definition) is 1. The number of aryl methyl sites for hydroxylation is 1. The van der Waals surface area contributed by atoms with Crippen LogP contribution in [0.25, 0.3) is 11.0 Å². The number of hydrogen-bond acceptors (Lipinski definition) is 3. The lowest BCUT2D eigenvalue weighted by molar-refractivity contribution is 0.196. The second-order valence-electron chi connectivity index (χ2n) is 7.67.